The predicted octanol–water partition coefficient (Wildman–Crippen LogP) is 1.12. The van der Waals surface area contributed by atoms with Crippen LogP contribution in [0.3, 0.4) is 0 Å². The Morgan fingerprint density at radius 3 is 2.61 bits per heavy atom. The number of benzene rings is 1. The first-order valence-corrected chi connectivity index (χ1v) is 7.00. The van der Waals surface area contributed by atoms with Gasteiger partial charge in [0.1, 0.15) is 0 Å². The van der Waals surface area contributed by atoms with Crippen LogP contribution in [0.25, 0.3) is 0 Å². The van der Waals surface area contributed by atoms with E-state index in [4.69, 9.17) is 0 Å². The normalized spacial score (nSPS) is 27.1. The molecule has 1 unspecified atom stereocenters. The molecular weight excluding hydrogens is 222 g/mol. The minimum atomic E-state index is 0.737. The average molecular weight is 245 g/mol. The predicted molar refractivity (Wildman–Crippen MR) is 74.6 cm³/mol. The molecule has 2 aliphatic heterocycles. The highest BCUT2D eigenvalue weighted by atomic mass is 15.3. The second-order valence-electron chi connectivity index (χ2n) is 5.67. The van der Waals surface area contributed by atoms with Gasteiger partial charge in [0.05, 0.1) is 0 Å². The molecule has 0 saturated carbocycles. The number of fused-ring (bicyclic) bond motifs is 1. The van der Waals surface area contributed by atoms with E-state index in [2.05, 4.69) is 52.1 Å². The van der Waals surface area contributed by atoms with Crippen LogP contribution < -0.4 is 0 Å². The summed E-state index contributed by atoms with van der Waals surface area (Å²) < 4.78 is 0. The number of nitrogens with zero attached hydrogens (tertiary/aromatic N) is 3. The molecule has 0 radical (unpaired) electrons. The summed E-state index contributed by atoms with van der Waals surface area (Å²) in [4.78, 5) is 7.74. The molecule has 1 atom stereocenters. The minimum absolute atomic E-state index is 0.737. The summed E-state index contributed by atoms with van der Waals surface area (Å²) in [6, 6.07) is 11.6. The number of hydrogen-bond donors (Lipinski definition) is 0. The molecule has 0 aliphatic carbocycles. The van der Waals surface area contributed by atoms with Crippen LogP contribution in [0.5, 0.6) is 0 Å². The third-order valence-electron chi connectivity index (χ3n) is 4.23. The third kappa shape index (κ3) is 2.74. The highest BCUT2D eigenvalue weighted by Crippen LogP contribution is 2.16. The molecule has 3 rings (SSSR count). The van der Waals surface area contributed by atoms with Crippen molar-refractivity contribution in [2.45, 2.75) is 12.6 Å². The molecule has 3 heteroatoms. The summed E-state index contributed by atoms with van der Waals surface area (Å²) in [5.41, 5.74) is 1.44. The molecule has 98 valence electrons. The van der Waals surface area contributed by atoms with Crippen LogP contribution in [0.2, 0.25) is 0 Å². The van der Waals surface area contributed by atoms with E-state index in [0.29, 0.717) is 0 Å². The molecule has 0 amide bonds. The molecule has 2 heterocycles. The fourth-order valence-corrected chi connectivity index (χ4v) is 3.16. The molecule has 1 aromatic rings. The van der Waals surface area contributed by atoms with Gasteiger partial charge < -0.3 is 4.90 Å². The minimum Gasteiger partial charge on any atom is -0.303 e. The van der Waals surface area contributed by atoms with Crippen molar-refractivity contribution in [2.75, 3.05) is 46.3 Å². The van der Waals surface area contributed by atoms with Crippen molar-refractivity contribution in [1.82, 2.24) is 14.7 Å². The lowest BCUT2D eigenvalue weighted by Crippen LogP contribution is -2.60. The Morgan fingerprint density at radius 2 is 1.78 bits per heavy atom. The maximum Gasteiger partial charge on any atom is 0.0351 e. The van der Waals surface area contributed by atoms with Gasteiger partial charge in [-0.3, -0.25) is 9.80 Å². The summed E-state index contributed by atoms with van der Waals surface area (Å²) >= 11 is 0. The molecule has 0 bridgehead atoms. The quantitative estimate of drug-likeness (QED) is 0.773. The largest absolute Gasteiger partial charge is 0.303 e. The zero-order valence-electron chi connectivity index (χ0n) is 11.3. The van der Waals surface area contributed by atoms with E-state index < -0.39 is 0 Å². The average Bonchev–Trinajstić information content (AvgIpc) is 2.39. The van der Waals surface area contributed by atoms with E-state index in [-0.39, 0.29) is 0 Å². The molecule has 2 fully saturated rings. The maximum atomic E-state index is 2.67. The van der Waals surface area contributed by atoms with Gasteiger partial charge in [0.25, 0.3) is 0 Å². The highest BCUT2D eigenvalue weighted by Gasteiger charge is 2.30. The van der Waals surface area contributed by atoms with Gasteiger partial charge in [-0.2, -0.15) is 0 Å². The smallest absolute Gasteiger partial charge is 0.0351 e. The van der Waals surface area contributed by atoms with Crippen LogP contribution in [-0.2, 0) is 6.54 Å². The number of likely N-dealkylation sites (N-methyl/N-ethyl adjacent to an activating group) is 1. The van der Waals surface area contributed by atoms with Crippen LogP contribution in [0.4, 0.5) is 0 Å². The van der Waals surface area contributed by atoms with Crippen molar-refractivity contribution >= 4 is 0 Å². The second-order valence-corrected chi connectivity index (χ2v) is 5.67. The summed E-state index contributed by atoms with van der Waals surface area (Å²) in [6.45, 7) is 8.50. The SMILES string of the molecule is CN1CCN2CCN(Cc3ccccc3)CC2C1. The fourth-order valence-electron chi connectivity index (χ4n) is 3.16. The summed E-state index contributed by atoms with van der Waals surface area (Å²) in [6.07, 6.45) is 0. The molecule has 1 aromatic carbocycles. The summed E-state index contributed by atoms with van der Waals surface area (Å²) in [5.74, 6) is 0. The van der Waals surface area contributed by atoms with E-state index in [1.807, 2.05) is 0 Å². The van der Waals surface area contributed by atoms with E-state index >= 15 is 0 Å². The Kier molecular flexibility index (Phi) is 3.64. The maximum absolute atomic E-state index is 2.67. The first kappa shape index (κ1) is 12.2. The number of piperazine rings is 2. The Balaban J connectivity index is 1.59. The van der Waals surface area contributed by atoms with Crippen LogP contribution in [0, 0.1) is 0 Å². The summed E-state index contributed by atoms with van der Waals surface area (Å²) in [7, 11) is 2.24. The lowest BCUT2D eigenvalue weighted by molar-refractivity contribution is 0.0175. The second kappa shape index (κ2) is 5.39. The van der Waals surface area contributed by atoms with E-state index in [1.165, 1.54) is 44.8 Å². The Hall–Kier alpha value is -0.900. The van der Waals surface area contributed by atoms with Crippen LogP contribution in [0.15, 0.2) is 30.3 Å². The fraction of sp³-hybridized carbons (Fsp3) is 0.600. The lowest BCUT2D eigenvalue weighted by atomic mass is 10.1. The monoisotopic (exact) mass is 245 g/mol. The number of hydrogen-bond acceptors (Lipinski definition) is 3. The van der Waals surface area contributed by atoms with E-state index in [1.54, 1.807) is 0 Å². The molecule has 0 aromatic heterocycles. The molecule has 2 saturated heterocycles. The van der Waals surface area contributed by atoms with Crippen molar-refractivity contribution in [3.63, 3.8) is 0 Å². The molecule has 0 spiro atoms. The van der Waals surface area contributed by atoms with Crippen molar-refractivity contribution in [3.8, 4) is 0 Å². The first-order chi connectivity index (χ1) is 8.81. The van der Waals surface area contributed by atoms with Gasteiger partial charge in [-0.15, -0.1) is 0 Å². The van der Waals surface area contributed by atoms with Crippen LogP contribution in [-0.4, -0.2) is 67.1 Å². The molecule has 2 aliphatic rings. The van der Waals surface area contributed by atoms with Crippen molar-refractivity contribution in [2.24, 2.45) is 0 Å². The zero-order chi connectivity index (χ0) is 12.4. The van der Waals surface area contributed by atoms with Crippen LogP contribution in [0.1, 0.15) is 5.56 Å². The van der Waals surface area contributed by atoms with Gasteiger partial charge in [0, 0.05) is 51.9 Å². The van der Waals surface area contributed by atoms with Gasteiger partial charge in [-0.1, -0.05) is 30.3 Å². The third-order valence-corrected chi connectivity index (χ3v) is 4.23. The van der Waals surface area contributed by atoms with Gasteiger partial charge in [-0.05, 0) is 12.6 Å². The van der Waals surface area contributed by atoms with Gasteiger partial charge in [0.15, 0.2) is 0 Å². The van der Waals surface area contributed by atoms with Gasteiger partial charge >= 0.3 is 0 Å². The van der Waals surface area contributed by atoms with Crippen molar-refractivity contribution in [1.29, 1.82) is 0 Å². The Labute approximate surface area is 110 Å². The van der Waals surface area contributed by atoms with E-state index in [0.717, 1.165) is 12.6 Å². The first-order valence-electron chi connectivity index (χ1n) is 7.00. The van der Waals surface area contributed by atoms with Crippen LogP contribution >= 0.6 is 0 Å². The Bertz CT molecular complexity index is 379. The molecule has 18 heavy (non-hydrogen) atoms. The van der Waals surface area contributed by atoms with E-state index in [9.17, 15) is 0 Å². The standard InChI is InChI=1S/C15H23N3/c1-16-7-9-18-10-8-17(13-15(18)12-16)11-14-5-3-2-4-6-14/h2-6,15H,7-13H2,1H3. The van der Waals surface area contributed by atoms with Gasteiger partial charge in [-0.25, -0.2) is 0 Å². The Morgan fingerprint density at radius 1 is 1.00 bits per heavy atom. The lowest BCUT2D eigenvalue weighted by Gasteiger charge is -2.46. The molecular formula is C15H23N3. The number of rotatable bonds is 2. The zero-order valence-corrected chi connectivity index (χ0v) is 11.3. The topological polar surface area (TPSA) is 9.72 Å². The van der Waals surface area contributed by atoms with Gasteiger partial charge in [0.2, 0.25) is 0 Å². The molecule has 0 N–H and O–H groups in total. The summed E-state index contributed by atoms with van der Waals surface area (Å²) in [5, 5.41) is 0. The van der Waals surface area contributed by atoms with Crippen molar-refractivity contribution in [3.05, 3.63) is 35.9 Å². The van der Waals surface area contributed by atoms with Crippen molar-refractivity contribution < 1.29 is 0 Å². The highest BCUT2D eigenvalue weighted by molar-refractivity contribution is 5.14. The molecule has 3 nitrogen and oxygen atoms in total.